The molecule has 0 aromatic carbocycles. The molecule has 7 atom stereocenters. The van der Waals surface area contributed by atoms with E-state index in [2.05, 4.69) is 43.5 Å². The molecule has 7 N–H and O–H groups in total. The van der Waals surface area contributed by atoms with Crippen molar-refractivity contribution in [1.29, 1.82) is 0 Å². The van der Waals surface area contributed by atoms with Crippen molar-refractivity contribution in [3.05, 3.63) is 12.7 Å². The highest BCUT2D eigenvalue weighted by Gasteiger charge is 2.47. The van der Waals surface area contributed by atoms with E-state index in [-0.39, 0.29) is 42.2 Å². The number of hydrogen-bond donors (Lipinski definition) is 6. The number of nitrogens with one attached hydrogen (secondary N) is 2. The van der Waals surface area contributed by atoms with Gasteiger partial charge in [-0.05, 0) is 0 Å². The lowest BCUT2D eigenvalue weighted by atomic mass is 9.87. The molecule has 3 heterocycles. The van der Waals surface area contributed by atoms with Crippen LogP contribution < -0.4 is 35.9 Å². The first-order valence-electron chi connectivity index (χ1n) is 14.6. The Balaban J connectivity index is 1.54. The number of phosphoric acid groups is 3. The molecule has 25 nitrogen and oxygen atoms in total. The van der Waals surface area contributed by atoms with Crippen LogP contribution in [0.1, 0.15) is 26.5 Å². The van der Waals surface area contributed by atoms with Gasteiger partial charge in [-0.1, -0.05) is 25.6 Å². The Labute approximate surface area is 298 Å². The molecule has 1 aliphatic rings. The van der Waals surface area contributed by atoms with E-state index < -0.39 is 96.3 Å². The molecular formula is C23H34N7O18P3S-4. The molecule has 3 rings (SSSR count). The number of amides is 2. The number of aliphatic hydroxyl groups excluding tert-OH is 3. The number of rotatable bonds is 20. The Morgan fingerprint density at radius 1 is 1.10 bits per heavy atom. The predicted octanol–water partition coefficient (Wildman–Crippen LogP) is -4.87. The average molecular weight is 822 g/mol. The van der Waals surface area contributed by atoms with E-state index >= 15 is 0 Å². The summed E-state index contributed by atoms with van der Waals surface area (Å²) in [5.74, 6) is -1.43. The molecule has 0 radical (unpaired) electrons. The first-order valence-corrected chi connectivity index (χ1v) is 20.0. The van der Waals surface area contributed by atoms with Crippen LogP contribution in [0.5, 0.6) is 0 Å². The standard InChI is InChI=1S/C23H38N7O18P3S/c1-23(2,18(35)21(36)26-4-3-13(32)25-5-6-52-14(33)7-31)9-45-51(42,43)48-50(40,41)44-8-12-17(47-49(37,38)39)16(34)22(46-12)30-11-29-15-19(24)27-10-28-20(15)30/h10-12,16-18,22,31,34-35H,3-9H2,1-2H3,(H,25,32)(H,26,36)(H,40,41)(H,42,43)(H2,24,27,28)(H2,37,38,39)/p-4/t12-,16-,17-,18+,22-/m1/s1. The largest absolute Gasteiger partial charge is 0.790 e. The fourth-order valence-corrected chi connectivity index (χ4v) is 7.58. The van der Waals surface area contributed by atoms with Gasteiger partial charge in [0.25, 0.3) is 15.6 Å². The Hall–Kier alpha value is -2.48. The van der Waals surface area contributed by atoms with Crippen molar-refractivity contribution in [3.8, 4) is 0 Å². The summed E-state index contributed by atoms with van der Waals surface area (Å²) < 4.78 is 60.2. The van der Waals surface area contributed by atoms with Gasteiger partial charge in [-0.3, -0.25) is 28.1 Å². The van der Waals surface area contributed by atoms with Crippen LogP contribution in [0.25, 0.3) is 11.2 Å². The van der Waals surface area contributed by atoms with Crippen LogP contribution in [0.4, 0.5) is 5.82 Å². The van der Waals surface area contributed by atoms with Crippen LogP contribution in [-0.2, 0) is 50.7 Å². The third kappa shape index (κ3) is 12.8. The van der Waals surface area contributed by atoms with E-state index in [0.717, 1.165) is 29.0 Å². The number of carbonyl (C=O) groups excluding carboxylic acids is 3. The number of nitrogen functional groups attached to an aromatic ring is 1. The highest BCUT2D eigenvalue weighted by molar-refractivity contribution is 8.13. The van der Waals surface area contributed by atoms with E-state index in [4.69, 9.17) is 15.6 Å². The number of nitrogens with two attached hydrogens (primary N) is 1. The fraction of sp³-hybridized carbons (Fsp3) is 0.652. The predicted molar refractivity (Wildman–Crippen MR) is 165 cm³/mol. The lowest BCUT2D eigenvalue weighted by molar-refractivity contribution is -0.347. The highest BCUT2D eigenvalue weighted by Crippen LogP contribution is 2.56. The maximum absolute atomic E-state index is 12.4. The van der Waals surface area contributed by atoms with Gasteiger partial charge < -0.3 is 74.1 Å². The molecule has 2 amide bonds. The van der Waals surface area contributed by atoms with Gasteiger partial charge in [-0.2, -0.15) is 0 Å². The number of thioether (sulfide) groups is 1. The number of hydrogen-bond acceptors (Lipinski definition) is 23. The molecule has 0 spiro atoms. The van der Waals surface area contributed by atoms with Crippen LogP contribution >= 0.6 is 35.2 Å². The quantitative estimate of drug-likeness (QED) is 0.0538. The van der Waals surface area contributed by atoms with Crippen LogP contribution in [0, 0.1) is 5.41 Å². The number of carbonyl (C=O) groups is 3. The Morgan fingerprint density at radius 3 is 2.42 bits per heavy atom. The summed E-state index contributed by atoms with van der Waals surface area (Å²) in [7, 11) is -17.6. The highest BCUT2D eigenvalue weighted by atomic mass is 32.2. The van der Waals surface area contributed by atoms with Gasteiger partial charge in [0.15, 0.2) is 17.7 Å². The van der Waals surface area contributed by atoms with Crippen molar-refractivity contribution in [3.63, 3.8) is 0 Å². The summed E-state index contributed by atoms with van der Waals surface area (Å²) in [5.41, 5.74) is 4.03. The van der Waals surface area contributed by atoms with E-state index in [1.165, 1.54) is 13.8 Å². The number of fused-ring (bicyclic) bond motifs is 1. The average Bonchev–Trinajstić information content (AvgIpc) is 3.60. The van der Waals surface area contributed by atoms with Gasteiger partial charge in [-0.25, -0.2) is 19.3 Å². The first kappa shape index (κ1) is 43.9. The number of anilines is 1. The third-order valence-electron chi connectivity index (χ3n) is 6.87. The molecule has 29 heteroatoms. The van der Waals surface area contributed by atoms with Crippen molar-refractivity contribution in [1.82, 2.24) is 30.2 Å². The molecule has 0 saturated carbocycles. The summed E-state index contributed by atoms with van der Waals surface area (Å²) in [6.07, 6.45) is -7.67. The molecule has 1 fully saturated rings. The van der Waals surface area contributed by atoms with Gasteiger partial charge in [0, 0.05) is 30.7 Å². The summed E-state index contributed by atoms with van der Waals surface area (Å²) in [6.45, 7) is -0.730. The van der Waals surface area contributed by atoms with Crippen molar-refractivity contribution in [2.75, 3.05) is 44.4 Å². The number of phosphoric ester groups is 3. The zero-order chi connectivity index (χ0) is 39.1. The van der Waals surface area contributed by atoms with Crippen LogP contribution in [0.2, 0.25) is 0 Å². The van der Waals surface area contributed by atoms with E-state index in [0.29, 0.717) is 0 Å². The molecular weight excluding hydrogens is 787 g/mol. The smallest absolute Gasteiger partial charge is 0.274 e. The minimum atomic E-state index is -5.91. The zero-order valence-electron chi connectivity index (χ0n) is 27.1. The monoisotopic (exact) mass is 821 g/mol. The molecule has 2 unspecified atom stereocenters. The lowest BCUT2D eigenvalue weighted by Gasteiger charge is -2.36. The van der Waals surface area contributed by atoms with E-state index in [9.17, 15) is 57.9 Å². The number of imidazole rings is 1. The second-order valence-corrected chi connectivity index (χ2v) is 16.6. The molecule has 294 valence electrons. The Kier molecular flexibility index (Phi) is 15.4. The third-order valence-corrected chi connectivity index (χ3v) is 10.7. The van der Waals surface area contributed by atoms with E-state index in [1.807, 2.05) is 0 Å². The van der Waals surface area contributed by atoms with Crippen molar-refractivity contribution < 1.29 is 85.6 Å². The lowest BCUT2D eigenvalue weighted by Crippen LogP contribution is -2.46. The van der Waals surface area contributed by atoms with Crippen LogP contribution in [0.3, 0.4) is 0 Å². The number of nitrogens with zero attached hydrogens (tertiary/aromatic N) is 4. The molecule has 52 heavy (non-hydrogen) atoms. The SMILES string of the molecule is CC(C)(COP(=O)([O-])OP(=O)([O-])OC[C@H]1O[C@@H](n2cnc3c(N)ncnc32)[C@H](O)[C@@H]1OP(=O)([O-])[O-])[C@@H](O)C(=O)NCCC(=O)NCCSC(=O)CO. The summed E-state index contributed by atoms with van der Waals surface area (Å²) in [5, 5.41) is 34.1. The van der Waals surface area contributed by atoms with Crippen LogP contribution in [-0.4, -0.2) is 115 Å². The topological polar surface area (TPSA) is 395 Å². The second kappa shape index (κ2) is 18.2. The summed E-state index contributed by atoms with van der Waals surface area (Å²) >= 11 is 0.809. The zero-order valence-corrected chi connectivity index (χ0v) is 30.6. The fourth-order valence-electron chi connectivity index (χ4n) is 4.32. The van der Waals surface area contributed by atoms with Gasteiger partial charge in [0.1, 0.15) is 42.9 Å². The normalized spacial score (nSPS) is 22.4. The Morgan fingerprint density at radius 2 is 1.77 bits per heavy atom. The Bertz CT molecular complexity index is 1730. The number of ether oxygens (including phenoxy) is 1. The molecule has 1 aliphatic heterocycles. The van der Waals surface area contributed by atoms with Gasteiger partial charge in [-0.15, -0.1) is 0 Å². The van der Waals surface area contributed by atoms with Gasteiger partial charge >= 0.3 is 0 Å². The molecule has 0 bridgehead atoms. The van der Waals surface area contributed by atoms with Crippen LogP contribution in [0.15, 0.2) is 12.7 Å². The molecule has 2 aromatic rings. The summed E-state index contributed by atoms with van der Waals surface area (Å²) in [4.78, 5) is 94.5. The maximum atomic E-state index is 12.4. The molecule has 1 saturated heterocycles. The summed E-state index contributed by atoms with van der Waals surface area (Å²) in [6, 6.07) is 0. The number of aliphatic hydroxyl groups is 3. The van der Waals surface area contributed by atoms with Gasteiger partial charge in [0.05, 0.1) is 27.4 Å². The minimum absolute atomic E-state index is 0.0265. The first-order chi connectivity index (χ1) is 24.1. The van der Waals surface area contributed by atoms with Crippen molar-refractivity contribution in [2.24, 2.45) is 5.41 Å². The van der Waals surface area contributed by atoms with Crippen molar-refractivity contribution >= 4 is 69.1 Å². The maximum Gasteiger partial charge on any atom is 0.274 e. The molecule has 0 aliphatic carbocycles. The van der Waals surface area contributed by atoms with Crippen molar-refractivity contribution in [2.45, 2.75) is 50.9 Å². The number of aromatic nitrogens is 4. The van der Waals surface area contributed by atoms with E-state index in [1.54, 1.807) is 0 Å². The molecule has 2 aromatic heterocycles. The van der Waals surface area contributed by atoms with Gasteiger partial charge in [0.2, 0.25) is 16.9 Å². The minimum Gasteiger partial charge on any atom is -0.790 e. The second-order valence-electron chi connectivity index (χ2n) is 11.4.